The van der Waals surface area contributed by atoms with E-state index >= 15 is 0 Å². The summed E-state index contributed by atoms with van der Waals surface area (Å²) >= 11 is 0. The molecule has 0 bridgehead atoms. The molecule has 0 spiro atoms. The molecular weight excluding hydrogens is 276 g/mol. The lowest BCUT2D eigenvalue weighted by molar-refractivity contribution is 0.0537. The second-order valence-corrected chi connectivity index (χ2v) is 7.28. The number of nitrogens with two attached hydrogens (primary N) is 1. The monoisotopic (exact) mass is 298 g/mol. The summed E-state index contributed by atoms with van der Waals surface area (Å²) in [7, 11) is -3.35. The molecule has 0 aromatic heterocycles. The van der Waals surface area contributed by atoms with Crippen molar-refractivity contribution in [2.45, 2.75) is 37.6 Å². The molecule has 0 radical (unpaired) electrons. The molecule has 1 aromatic rings. The quantitative estimate of drug-likeness (QED) is 0.854. The minimum Gasteiger partial charge on any atom is -0.381 e. The second kappa shape index (κ2) is 6.22. The van der Waals surface area contributed by atoms with Crippen LogP contribution in [0.2, 0.25) is 0 Å². The molecule has 0 saturated carbocycles. The van der Waals surface area contributed by atoms with Gasteiger partial charge in [-0.3, -0.25) is 0 Å². The van der Waals surface area contributed by atoms with Gasteiger partial charge in [-0.1, -0.05) is 24.3 Å². The SMILES string of the molecule is CC1(NS(=O)(=O)Cc2ccc(CN)cc2)CCOCC1. The van der Waals surface area contributed by atoms with Gasteiger partial charge >= 0.3 is 0 Å². The Morgan fingerprint density at radius 3 is 2.30 bits per heavy atom. The fourth-order valence-electron chi connectivity index (χ4n) is 2.33. The molecule has 6 heteroatoms. The summed E-state index contributed by atoms with van der Waals surface area (Å²) in [6.45, 7) is 3.60. The maximum Gasteiger partial charge on any atom is 0.216 e. The standard InChI is InChI=1S/C14H22N2O3S/c1-14(6-8-19-9-7-14)16-20(17,18)11-13-4-2-12(10-15)3-5-13/h2-5,16H,6-11,15H2,1H3. The van der Waals surface area contributed by atoms with Gasteiger partial charge in [0.2, 0.25) is 10.0 Å². The van der Waals surface area contributed by atoms with Gasteiger partial charge in [-0.05, 0) is 30.9 Å². The predicted molar refractivity (Wildman–Crippen MR) is 78.6 cm³/mol. The van der Waals surface area contributed by atoms with E-state index in [1.165, 1.54) is 0 Å². The lowest BCUT2D eigenvalue weighted by Crippen LogP contribution is -2.49. The van der Waals surface area contributed by atoms with E-state index in [0.29, 0.717) is 32.6 Å². The summed E-state index contributed by atoms with van der Waals surface area (Å²) in [5.41, 5.74) is 6.90. The summed E-state index contributed by atoms with van der Waals surface area (Å²) < 4.78 is 32.6. The van der Waals surface area contributed by atoms with Crippen LogP contribution >= 0.6 is 0 Å². The van der Waals surface area contributed by atoms with Crippen LogP contribution in [0.25, 0.3) is 0 Å². The molecule has 1 aromatic carbocycles. The van der Waals surface area contributed by atoms with Crippen molar-refractivity contribution in [3.8, 4) is 0 Å². The van der Waals surface area contributed by atoms with Crippen LogP contribution in [0.5, 0.6) is 0 Å². The minimum atomic E-state index is -3.35. The van der Waals surface area contributed by atoms with Crippen molar-refractivity contribution in [3.63, 3.8) is 0 Å². The minimum absolute atomic E-state index is 0.00566. The van der Waals surface area contributed by atoms with Crippen molar-refractivity contribution in [2.75, 3.05) is 13.2 Å². The fourth-order valence-corrected chi connectivity index (χ4v) is 3.98. The molecule has 20 heavy (non-hydrogen) atoms. The lowest BCUT2D eigenvalue weighted by Gasteiger charge is -2.34. The van der Waals surface area contributed by atoms with Gasteiger partial charge in [-0.25, -0.2) is 13.1 Å². The van der Waals surface area contributed by atoms with Crippen molar-refractivity contribution >= 4 is 10.0 Å². The molecule has 1 saturated heterocycles. The third kappa shape index (κ3) is 4.28. The van der Waals surface area contributed by atoms with E-state index in [-0.39, 0.29) is 5.75 Å². The Labute approximate surface area is 120 Å². The summed E-state index contributed by atoms with van der Waals surface area (Å²) in [4.78, 5) is 0. The van der Waals surface area contributed by atoms with Crippen LogP contribution in [0.4, 0.5) is 0 Å². The first-order chi connectivity index (χ1) is 9.42. The zero-order valence-corrected chi connectivity index (χ0v) is 12.6. The summed E-state index contributed by atoms with van der Waals surface area (Å²) in [5.74, 6) is -0.00566. The predicted octanol–water partition coefficient (Wildman–Crippen LogP) is 1.13. The highest BCUT2D eigenvalue weighted by Crippen LogP contribution is 2.21. The van der Waals surface area contributed by atoms with Crippen LogP contribution in [0.3, 0.4) is 0 Å². The van der Waals surface area contributed by atoms with Crippen molar-refractivity contribution < 1.29 is 13.2 Å². The average Bonchev–Trinajstić information content (AvgIpc) is 2.38. The highest BCUT2D eigenvalue weighted by Gasteiger charge is 2.31. The Morgan fingerprint density at radius 2 is 1.75 bits per heavy atom. The average molecular weight is 298 g/mol. The molecule has 2 rings (SSSR count). The fraction of sp³-hybridized carbons (Fsp3) is 0.571. The van der Waals surface area contributed by atoms with E-state index in [1.54, 1.807) is 0 Å². The van der Waals surface area contributed by atoms with Crippen LogP contribution in [-0.2, 0) is 27.1 Å². The first kappa shape index (κ1) is 15.4. The topological polar surface area (TPSA) is 81.4 Å². The summed E-state index contributed by atoms with van der Waals surface area (Å²) in [5, 5.41) is 0. The number of hydrogen-bond acceptors (Lipinski definition) is 4. The zero-order valence-electron chi connectivity index (χ0n) is 11.8. The van der Waals surface area contributed by atoms with Gasteiger partial charge in [-0.15, -0.1) is 0 Å². The number of sulfonamides is 1. The van der Waals surface area contributed by atoms with Crippen LogP contribution in [0, 0.1) is 0 Å². The van der Waals surface area contributed by atoms with Crippen molar-refractivity contribution in [3.05, 3.63) is 35.4 Å². The number of hydrogen-bond donors (Lipinski definition) is 2. The second-order valence-electron chi connectivity index (χ2n) is 5.55. The highest BCUT2D eigenvalue weighted by molar-refractivity contribution is 7.88. The van der Waals surface area contributed by atoms with E-state index in [9.17, 15) is 8.42 Å². The van der Waals surface area contributed by atoms with Crippen molar-refractivity contribution in [1.82, 2.24) is 4.72 Å². The molecule has 112 valence electrons. The normalized spacial score (nSPS) is 18.9. The van der Waals surface area contributed by atoms with Gasteiger partial charge in [0.05, 0.1) is 5.75 Å². The molecular formula is C14H22N2O3S. The third-order valence-corrected chi connectivity index (χ3v) is 5.13. The number of benzene rings is 1. The Bertz CT molecular complexity index is 534. The smallest absolute Gasteiger partial charge is 0.216 e. The van der Waals surface area contributed by atoms with Gasteiger partial charge < -0.3 is 10.5 Å². The Kier molecular flexibility index (Phi) is 4.80. The Hall–Kier alpha value is -0.950. The lowest BCUT2D eigenvalue weighted by atomic mass is 9.94. The first-order valence-electron chi connectivity index (χ1n) is 6.80. The van der Waals surface area contributed by atoms with Gasteiger partial charge in [-0.2, -0.15) is 0 Å². The zero-order chi connectivity index (χ0) is 14.6. The molecule has 0 aliphatic carbocycles. The van der Waals surface area contributed by atoms with Crippen LogP contribution in [0.15, 0.2) is 24.3 Å². The molecule has 1 fully saturated rings. The van der Waals surface area contributed by atoms with Crippen LogP contribution in [0.1, 0.15) is 30.9 Å². The first-order valence-corrected chi connectivity index (χ1v) is 8.45. The molecule has 1 aliphatic rings. The maximum atomic E-state index is 12.3. The van der Waals surface area contributed by atoms with Gasteiger partial charge in [0.1, 0.15) is 0 Å². The summed E-state index contributed by atoms with van der Waals surface area (Å²) in [6.07, 6.45) is 1.41. The van der Waals surface area contributed by atoms with Crippen LogP contribution < -0.4 is 10.5 Å². The van der Waals surface area contributed by atoms with Crippen molar-refractivity contribution in [1.29, 1.82) is 0 Å². The van der Waals surface area contributed by atoms with Crippen molar-refractivity contribution in [2.24, 2.45) is 5.73 Å². The Balaban J connectivity index is 2.02. The van der Waals surface area contributed by atoms with Gasteiger partial charge in [0.15, 0.2) is 0 Å². The number of nitrogens with one attached hydrogen (secondary N) is 1. The number of rotatable bonds is 5. The van der Waals surface area contributed by atoms with E-state index in [4.69, 9.17) is 10.5 Å². The van der Waals surface area contributed by atoms with E-state index in [1.807, 2.05) is 31.2 Å². The Morgan fingerprint density at radius 1 is 1.20 bits per heavy atom. The largest absolute Gasteiger partial charge is 0.381 e. The molecule has 5 nitrogen and oxygen atoms in total. The van der Waals surface area contributed by atoms with Gasteiger partial charge in [0.25, 0.3) is 0 Å². The summed E-state index contributed by atoms with van der Waals surface area (Å²) in [6, 6.07) is 7.35. The molecule has 3 N–H and O–H groups in total. The third-order valence-electron chi connectivity index (χ3n) is 3.61. The highest BCUT2D eigenvalue weighted by atomic mass is 32.2. The molecule has 0 amide bonds. The molecule has 1 aliphatic heterocycles. The van der Waals surface area contributed by atoms with E-state index < -0.39 is 15.6 Å². The molecule has 0 unspecified atom stereocenters. The number of ether oxygens (including phenoxy) is 1. The molecule has 1 heterocycles. The van der Waals surface area contributed by atoms with Gasteiger partial charge in [0, 0.05) is 25.3 Å². The molecule has 0 atom stereocenters. The maximum absolute atomic E-state index is 12.3. The van der Waals surface area contributed by atoms with E-state index in [2.05, 4.69) is 4.72 Å². The van der Waals surface area contributed by atoms with E-state index in [0.717, 1.165) is 11.1 Å². The van der Waals surface area contributed by atoms with Crippen LogP contribution in [-0.4, -0.2) is 27.2 Å².